The van der Waals surface area contributed by atoms with Crippen molar-refractivity contribution < 1.29 is 27.8 Å². The Morgan fingerprint density at radius 3 is 2.47 bits per heavy atom. The minimum Gasteiger partial charge on any atom is -0.406 e. The Kier molecular flexibility index (Phi) is 7.01. The molecule has 0 aliphatic rings. The SMILES string of the molecule is O=C(CSc1nc(CO)cn1Cc1ccccc1)Nc1ccc(OC(F)(F)F)cc1. The van der Waals surface area contributed by atoms with Crippen LogP contribution in [-0.2, 0) is 17.9 Å². The largest absolute Gasteiger partial charge is 0.573 e. The van der Waals surface area contributed by atoms with Crippen molar-refractivity contribution in [2.75, 3.05) is 11.1 Å². The minimum absolute atomic E-state index is 0.0392. The van der Waals surface area contributed by atoms with Crippen LogP contribution < -0.4 is 10.1 Å². The van der Waals surface area contributed by atoms with Crippen molar-refractivity contribution in [2.24, 2.45) is 0 Å². The highest BCUT2D eigenvalue weighted by atomic mass is 32.2. The van der Waals surface area contributed by atoms with Gasteiger partial charge in [-0.2, -0.15) is 0 Å². The van der Waals surface area contributed by atoms with E-state index in [9.17, 15) is 23.1 Å². The number of nitrogens with zero attached hydrogens (tertiary/aromatic N) is 2. The summed E-state index contributed by atoms with van der Waals surface area (Å²) in [6.45, 7) is 0.326. The molecular formula is C20H18F3N3O3S. The predicted molar refractivity (Wildman–Crippen MR) is 106 cm³/mol. The fraction of sp³-hybridized carbons (Fsp3) is 0.200. The van der Waals surface area contributed by atoms with Crippen LogP contribution in [0.2, 0.25) is 0 Å². The first-order chi connectivity index (χ1) is 14.3. The van der Waals surface area contributed by atoms with Crippen molar-refractivity contribution in [3.8, 4) is 5.75 Å². The molecule has 2 aromatic carbocycles. The maximum atomic E-state index is 12.2. The number of anilines is 1. The van der Waals surface area contributed by atoms with E-state index in [0.29, 0.717) is 23.1 Å². The standard InChI is InChI=1S/C20H18F3N3O3S/c21-20(22,23)29-17-8-6-15(7-9-17)24-18(28)13-30-19-25-16(12-27)11-26(19)10-14-4-2-1-3-5-14/h1-9,11,27H,10,12-13H2,(H,24,28). The smallest absolute Gasteiger partial charge is 0.406 e. The van der Waals surface area contributed by atoms with Gasteiger partial charge in [0.1, 0.15) is 5.75 Å². The first-order valence-electron chi connectivity index (χ1n) is 8.81. The number of ether oxygens (including phenoxy) is 1. The van der Waals surface area contributed by atoms with Gasteiger partial charge in [0, 0.05) is 18.4 Å². The van der Waals surface area contributed by atoms with E-state index in [2.05, 4.69) is 15.0 Å². The zero-order chi connectivity index (χ0) is 21.6. The molecule has 0 fully saturated rings. The van der Waals surface area contributed by atoms with Gasteiger partial charge in [-0.15, -0.1) is 13.2 Å². The molecular weight excluding hydrogens is 419 g/mol. The van der Waals surface area contributed by atoms with Crippen LogP contribution in [0.3, 0.4) is 0 Å². The fourth-order valence-corrected chi connectivity index (χ4v) is 3.40. The number of nitrogens with one attached hydrogen (secondary N) is 1. The molecule has 158 valence electrons. The summed E-state index contributed by atoms with van der Waals surface area (Å²) in [4.78, 5) is 16.5. The fourth-order valence-electron chi connectivity index (χ4n) is 2.60. The number of rotatable bonds is 8. The molecule has 0 aliphatic heterocycles. The number of benzene rings is 2. The van der Waals surface area contributed by atoms with Crippen LogP contribution >= 0.6 is 11.8 Å². The van der Waals surface area contributed by atoms with Crippen molar-refractivity contribution in [1.82, 2.24) is 9.55 Å². The number of aromatic nitrogens is 2. The summed E-state index contributed by atoms with van der Waals surface area (Å²) in [7, 11) is 0. The Morgan fingerprint density at radius 2 is 1.83 bits per heavy atom. The summed E-state index contributed by atoms with van der Waals surface area (Å²) in [5.74, 6) is -0.670. The number of amides is 1. The highest BCUT2D eigenvalue weighted by Gasteiger charge is 2.30. The number of carbonyl (C=O) groups is 1. The van der Waals surface area contributed by atoms with Crippen LogP contribution in [0, 0.1) is 0 Å². The van der Waals surface area contributed by atoms with Gasteiger partial charge in [0.2, 0.25) is 5.91 Å². The van der Waals surface area contributed by atoms with Crippen LogP contribution in [-0.4, -0.2) is 32.7 Å². The van der Waals surface area contributed by atoms with Crippen LogP contribution in [0.4, 0.5) is 18.9 Å². The third-order valence-electron chi connectivity index (χ3n) is 3.85. The van der Waals surface area contributed by atoms with Gasteiger partial charge in [-0.25, -0.2) is 4.98 Å². The summed E-state index contributed by atoms with van der Waals surface area (Å²) in [5, 5.41) is 12.5. The quantitative estimate of drug-likeness (QED) is 0.520. The van der Waals surface area contributed by atoms with Gasteiger partial charge in [0.15, 0.2) is 5.16 Å². The zero-order valence-corrected chi connectivity index (χ0v) is 16.4. The average molecular weight is 437 g/mol. The number of carbonyl (C=O) groups excluding carboxylic acids is 1. The molecule has 0 unspecified atom stereocenters. The number of hydrogen-bond acceptors (Lipinski definition) is 5. The monoisotopic (exact) mass is 437 g/mol. The Morgan fingerprint density at radius 1 is 1.13 bits per heavy atom. The van der Waals surface area contributed by atoms with Gasteiger partial charge in [-0.05, 0) is 29.8 Å². The second kappa shape index (κ2) is 9.68. The number of halogens is 3. The first kappa shape index (κ1) is 21.7. The van der Waals surface area contributed by atoms with Crippen LogP contribution in [0.1, 0.15) is 11.3 Å². The van der Waals surface area contributed by atoms with E-state index >= 15 is 0 Å². The number of imidazole rings is 1. The molecule has 1 amide bonds. The minimum atomic E-state index is -4.77. The molecule has 3 aromatic rings. The maximum absolute atomic E-state index is 12.2. The van der Waals surface area contributed by atoms with Gasteiger partial charge < -0.3 is 19.7 Å². The summed E-state index contributed by atoms with van der Waals surface area (Å²) >= 11 is 1.20. The molecule has 1 heterocycles. The summed E-state index contributed by atoms with van der Waals surface area (Å²) in [6.07, 6.45) is -3.04. The van der Waals surface area contributed by atoms with E-state index in [0.717, 1.165) is 17.7 Å². The van der Waals surface area contributed by atoms with Crippen molar-refractivity contribution in [3.63, 3.8) is 0 Å². The van der Waals surface area contributed by atoms with Crippen LogP contribution in [0.15, 0.2) is 66.0 Å². The number of hydrogen-bond donors (Lipinski definition) is 2. The molecule has 2 N–H and O–H groups in total. The number of alkyl halides is 3. The molecule has 0 saturated carbocycles. The number of aliphatic hydroxyl groups is 1. The Hall–Kier alpha value is -2.98. The molecule has 10 heteroatoms. The van der Waals surface area contributed by atoms with E-state index < -0.39 is 6.36 Å². The van der Waals surface area contributed by atoms with Crippen molar-refractivity contribution >= 4 is 23.4 Å². The third-order valence-corrected chi connectivity index (χ3v) is 4.84. The van der Waals surface area contributed by atoms with Gasteiger partial charge >= 0.3 is 6.36 Å². The lowest BCUT2D eigenvalue weighted by Crippen LogP contribution is -2.17. The van der Waals surface area contributed by atoms with Gasteiger partial charge in [0.25, 0.3) is 0 Å². The highest BCUT2D eigenvalue weighted by molar-refractivity contribution is 7.99. The molecule has 0 aliphatic carbocycles. The van der Waals surface area contributed by atoms with E-state index in [4.69, 9.17) is 0 Å². The molecule has 0 atom stereocenters. The second-order valence-corrected chi connectivity index (χ2v) is 7.14. The third kappa shape index (κ3) is 6.53. The topological polar surface area (TPSA) is 76.4 Å². The lowest BCUT2D eigenvalue weighted by atomic mass is 10.2. The Balaban J connectivity index is 1.58. The van der Waals surface area contributed by atoms with Gasteiger partial charge in [-0.3, -0.25) is 4.79 Å². The molecule has 0 bridgehead atoms. The molecule has 6 nitrogen and oxygen atoms in total. The predicted octanol–water partition coefficient (Wildman–Crippen LogP) is 4.05. The first-order valence-corrected chi connectivity index (χ1v) is 9.80. The lowest BCUT2D eigenvalue weighted by Gasteiger charge is -2.10. The van der Waals surface area contributed by atoms with Crippen molar-refractivity contribution in [2.45, 2.75) is 24.7 Å². The molecule has 1 aromatic heterocycles. The maximum Gasteiger partial charge on any atom is 0.573 e. The lowest BCUT2D eigenvalue weighted by molar-refractivity contribution is -0.274. The van der Waals surface area contributed by atoms with Crippen molar-refractivity contribution in [1.29, 1.82) is 0 Å². The number of aliphatic hydroxyl groups excluding tert-OH is 1. The second-order valence-electron chi connectivity index (χ2n) is 6.20. The molecule has 0 radical (unpaired) electrons. The van der Waals surface area contributed by atoms with E-state index in [1.165, 1.54) is 23.9 Å². The molecule has 3 rings (SSSR count). The summed E-state index contributed by atoms with van der Waals surface area (Å²) in [5.41, 5.74) is 1.89. The molecule has 0 spiro atoms. The summed E-state index contributed by atoms with van der Waals surface area (Å²) in [6, 6.07) is 14.6. The number of thioether (sulfide) groups is 1. The van der Waals surface area contributed by atoms with Crippen LogP contribution in [0.25, 0.3) is 0 Å². The Labute approximate surface area is 174 Å². The van der Waals surface area contributed by atoms with Gasteiger partial charge in [-0.1, -0.05) is 42.1 Å². The molecule has 0 saturated heterocycles. The zero-order valence-electron chi connectivity index (χ0n) is 15.6. The Bertz CT molecular complexity index is 976. The molecule has 30 heavy (non-hydrogen) atoms. The van der Waals surface area contributed by atoms with Crippen LogP contribution in [0.5, 0.6) is 5.75 Å². The highest BCUT2D eigenvalue weighted by Crippen LogP contribution is 2.24. The van der Waals surface area contributed by atoms with E-state index in [1.54, 1.807) is 6.20 Å². The van der Waals surface area contributed by atoms with Gasteiger partial charge in [0.05, 0.1) is 18.1 Å². The average Bonchev–Trinajstić information content (AvgIpc) is 3.09. The normalized spacial score (nSPS) is 11.3. The summed E-state index contributed by atoms with van der Waals surface area (Å²) < 4.78 is 42.2. The van der Waals surface area contributed by atoms with E-state index in [1.807, 2.05) is 34.9 Å². The van der Waals surface area contributed by atoms with E-state index in [-0.39, 0.29) is 24.0 Å². The van der Waals surface area contributed by atoms with Crippen molar-refractivity contribution in [3.05, 3.63) is 72.1 Å².